The van der Waals surface area contributed by atoms with Crippen molar-refractivity contribution in [2.75, 3.05) is 20.1 Å². The zero-order valence-electron chi connectivity index (χ0n) is 20.4. The van der Waals surface area contributed by atoms with Crippen molar-refractivity contribution in [2.45, 2.75) is 43.8 Å². The molecule has 0 bridgehead atoms. The zero-order chi connectivity index (χ0) is 27.2. The molecule has 0 spiro atoms. The Hall–Kier alpha value is -3.83. The summed E-state index contributed by atoms with van der Waals surface area (Å²) in [5.74, 6) is -3.34. The Kier molecular flexibility index (Phi) is 8.95. The molecule has 2 aromatic carbocycles. The number of rotatable bonds is 7. The lowest BCUT2D eigenvalue weighted by molar-refractivity contribution is -0.384. The predicted molar refractivity (Wildman–Crippen MR) is 131 cm³/mol. The molecule has 11 heteroatoms. The van der Waals surface area contributed by atoms with E-state index in [1.165, 1.54) is 0 Å². The number of benzene rings is 2. The predicted octanol–water partition coefficient (Wildman–Crippen LogP) is 3.30. The first-order chi connectivity index (χ1) is 17.5. The first-order valence-electron chi connectivity index (χ1n) is 12.0. The summed E-state index contributed by atoms with van der Waals surface area (Å²) in [6.45, 7) is 1.69. The van der Waals surface area contributed by atoms with Crippen LogP contribution in [0.4, 0.5) is 5.69 Å². The van der Waals surface area contributed by atoms with Gasteiger partial charge in [-0.25, -0.2) is 14.4 Å². The molecule has 1 aliphatic heterocycles. The molecule has 1 saturated heterocycles. The zero-order valence-corrected chi connectivity index (χ0v) is 20.4. The van der Waals surface area contributed by atoms with Crippen LogP contribution in [0, 0.1) is 16.0 Å². The van der Waals surface area contributed by atoms with Crippen LogP contribution in [-0.2, 0) is 15.1 Å². The maximum atomic E-state index is 12.8. The minimum absolute atomic E-state index is 0.0402. The molecular weight excluding hydrogens is 484 g/mol. The number of non-ortho nitro benzene ring substituents is 1. The van der Waals surface area contributed by atoms with Crippen molar-refractivity contribution in [1.82, 2.24) is 4.90 Å². The van der Waals surface area contributed by atoms with Crippen molar-refractivity contribution in [1.29, 1.82) is 0 Å². The fourth-order valence-electron chi connectivity index (χ4n) is 4.75. The molecule has 1 saturated carbocycles. The second kappa shape index (κ2) is 11.9. The van der Waals surface area contributed by atoms with E-state index in [0.717, 1.165) is 63.4 Å². The number of nitro benzene ring substituents is 1. The van der Waals surface area contributed by atoms with Gasteiger partial charge in [-0.05, 0) is 37.9 Å². The number of hydrogen-bond acceptors (Lipinski definition) is 8. The number of nitrogens with zero attached hydrogens (tertiary/aromatic N) is 2. The third kappa shape index (κ3) is 6.69. The molecule has 37 heavy (non-hydrogen) atoms. The summed E-state index contributed by atoms with van der Waals surface area (Å²) >= 11 is 0. The van der Waals surface area contributed by atoms with E-state index in [2.05, 4.69) is 4.90 Å². The average molecular weight is 515 g/mol. The van der Waals surface area contributed by atoms with Crippen LogP contribution in [0.5, 0.6) is 0 Å². The summed E-state index contributed by atoms with van der Waals surface area (Å²) in [4.78, 5) is 45.6. The molecule has 2 unspecified atom stereocenters. The molecule has 11 nitrogen and oxygen atoms in total. The van der Waals surface area contributed by atoms with E-state index >= 15 is 0 Å². The first-order valence-corrected chi connectivity index (χ1v) is 12.0. The fraction of sp³-hybridized carbons (Fsp3) is 0.423. The smallest absolute Gasteiger partial charge is 0.343 e. The summed E-state index contributed by atoms with van der Waals surface area (Å²) in [6.07, 6.45) is 4.64. The third-order valence-corrected chi connectivity index (χ3v) is 6.72. The number of carbonyl (C=O) groups is 3. The highest BCUT2D eigenvalue weighted by Gasteiger charge is 2.48. The number of carboxylic acid groups (broad SMARTS) is 2. The van der Waals surface area contributed by atoms with Gasteiger partial charge in [-0.3, -0.25) is 10.1 Å². The maximum Gasteiger partial charge on any atom is 0.343 e. The Bertz CT molecular complexity index is 1070. The van der Waals surface area contributed by atoms with Crippen LogP contribution in [0.3, 0.4) is 0 Å². The van der Waals surface area contributed by atoms with Gasteiger partial charge in [0.05, 0.1) is 16.1 Å². The van der Waals surface area contributed by atoms with Crippen LogP contribution in [-0.4, -0.2) is 69.3 Å². The van der Waals surface area contributed by atoms with Crippen molar-refractivity contribution < 1.29 is 39.4 Å². The average Bonchev–Trinajstić information content (AvgIpc) is 3.56. The van der Waals surface area contributed by atoms with Gasteiger partial charge in [0, 0.05) is 31.1 Å². The van der Waals surface area contributed by atoms with Gasteiger partial charge in [-0.2, -0.15) is 0 Å². The molecule has 1 heterocycles. The van der Waals surface area contributed by atoms with Gasteiger partial charge >= 0.3 is 17.9 Å². The molecule has 2 fully saturated rings. The molecule has 1 aliphatic carbocycles. The summed E-state index contributed by atoms with van der Waals surface area (Å²) in [6, 6.07) is 11.8. The van der Waals surface area contributed by atoms with E-state index in [0.29, 0.717) is 5.56 Å². The molecule has 198 valence electrons. The first kappa shape index (κ1) is 27.8. The lowest BCUT2D eigenvalue weighted by Gasteiger charge is -2.33. The lowest BCUT2D eigenvalue weighted by Crippen LogP contribution is -2.45. The van der Waals surface area contributed by atoms with Crippen molar-refractivity contribution in [3.8, 4) is 0 Å². The highest BCUT2D eigenvalue weighted by Crippen LogP contribution is 2.41. The van der Waals surface area contributed by atoms with Gasteiger partial charge in [0.2, 0.25) is 0 Å². The van der Waals surface area contributed by atoms with E-state index in [1.54, 1.807) is 0 Å². The second-order valence-corrected chi connectivity index (χ2v) is 9.33. The number of carbonyl (C=O) groups excluding carboxylic acids is 1. The number of aromatic carboxylic acids is 2. The lowest BCUT2D eigenvalue weighted by atomic mass is 9.80. The molecular formula is C26H30N2O9. The van der Waals surface area contributed by atoms with Crippen molar-refractivity contribution in [3.05, 3.63) is 75.3 Å². The minimum Gasteiger partial charge on any atom is -0.478 e. The van der Waals surface area contributed by atoms with Crippen molar-refractivity contribution >= 4 is 23.6 Å². The van der Waals surface area contributed by atoms with Gasteiger partial charge in [0.15, 0.2) is 5.60 Å². The molecule has 0 aromatic heterocycles. The molecule has 4 rings (SSSR count). The summed E-state index contributed by atoms with van der Waals surface area (Å²) in [5, 5.41) is 38.8. The Labute approximate surface area is 213 Å². The van der Waals surface area contributed by atoms with Crippen LogP contribution in [0.2, 0.25) is 0 Å². The van der Waals surface area contributed by atoms with E-state index in [1.807, 2.05) is 37.4 Å². The molecule has 2 aromatic rings. The van der Waals surface area contributed by atoms with E-state index in [-0.39, 0.29) is 12.0 Å². The molecule has 0 radical (unpaired) electrons. The van der Waals surface area contributed by atoms with E-state index in [4.69, 9.17) is 14.9 Å². The van der Waals surface area contributed by atoms with E-state index < -0.39 is 45.2 Å². The van der Waals surface area contributed by atoms with Crippen LogP contribution in [0.1, 0.15) is 58.4 Å². The number of ether oxygens (including phenoxy) is 1. The number of nitro groups is 1. The minimum atomic E-state index is -1.50. The number of esters is 1. The molecule has 2 atom stereocenters. The summed E-state index contributed by atoms with van der Waals surface area (Å²) in [5.41, 5.74) is -2.26. The number of aliphatic hydroxyl groups is 1. The monoisotopic (exact) mass is 514 g/mol. The van der Waals surface area contributed by atoms with Crippen LogP contribution >= 0.6 is 0 Å². The largest absolute Gasteiger partial charge is 0.478 e. The SMILES string of the molecule is CN1CCC(OC(=O)C(O)(c2ccccc2)C2CCCC2)C1.O=C(O)c1cc(C(=O)O)cc([N+](=O)[O-])c1. The normalized spacial score (nSPS) is 19.4. The highest BCUT2D eigenvalue weighted by molar-refractivity contribution is 5.94. The van der Waals surface area contributed by atoms with Crippen LogP contribution < -0.4 is 0 Å². The topological polar surface area (TPSA) is 168 Å². The number of carboxylic acids is 2. The van der Waals surface area contributed by atoms with Gasteiger partial charge in [-0.15, -0.1) is 0 Å². The van der Waals surface area contributed by atoms with Crippen molar-refractivity contribution in [2.24, 2.45) is 5.92 Å². The van der Waals surface area contributed by atoms with Gasteiger partial charge < -0.3 is 25.0 Å². The molecule has 3 N–H and O–H groups in total. The Morgan fingerprint density at radius 2 is 1.57 bits per heavy atom. The summed E-state index contributed by atoms with van der Waals surface area (Å²) < 4.78 is 5.68. The standard InChI is InChI=1S/C18H25NO3.C8H5NO6/c1-19-12-11-16(13-19)22-17(20)18(21,15-9-5-6-10-15)14-7-3-2-4-8-14;10-7(11)4-1-5(8(12)13)3-6(2-4)9(14)15/h2-4,7-8,15-16,21H,5-6,9-13H2,1H3;1-3H,(H,10,11)(H,12,13). The van der Waals surface area contributed by atoms with Crippen molar-refractivity contribution in [3.63, 3.8) is 0 Å². The van der Waals surface area contributed by atoms with Gasteiger partial charge in [0.1, 0.15) is 6.10 Å². The Balaban J connectivity index is 0.000000222. The number of likely N-dealkylation sites (tertiary alicyclic amines) is 1. The Morgan fingerprint density at radius 3 is 2.03 bits per heavy atom. The van der Waals surface area contributed by atoms with Gasteiger partial charge in [0.25, 0.3) is 5.69 Å². The van der Waals surface area contributed by atoms with Crippen LogP contribution in [0.25, 0.3) is 0 Å². The summed E-state index contributed by atoms with van der Waals surface area (Å²) in [7, 11) is 2.02. The number of hydrogen-bond donors (Lipinski definition) is 3. The van der Waals surface area contributed by atoms with E-state index in [9.17, 15) is 29.6 Å². The second-order valence-electron chi connectivity index (χ2n) is 9.33. The quantitative estimate of drug-likeness (QED) is 0.283. The molecule has 2 aliphatic rings. The molecule has 0 amide bonds. The number of likely N-dealkylation sites (N-methyl/N-ethyl adjacent to an activating group) is 1. The highest BCUT2D eigenvalue weighted by atomic mass is 16.6. The van der Waals surface area contributed by atoms with Crippen LogP contribution in [0.15, 0.2) is 48.5 Å². The Morgan fingerprint density at radius 1 is 1.00 bits per heavy atom. The van der Waals surface area contributed by atoms with Gasteiger partial charge in [-0.1, -0.05) is 43.2 Å². The maximum absolute atomic E-state index is 12.8. The third-order valence-electron chi connectivity index (χ3n) is 6.72. The fourth-order valence-corrected chi connectivity index (χ4v) is 4.75.